The first kappa shape index (κ1) is 13.0. The minimum absolute atomic E-state index is 0.457. The molecule has 0 aliphatic carbocycles. The summed E-state index contributed by atoms with van der Waals surface area (Å²) in [5, 5.41) is 12.5. The summed E-state index contributed by atoms with van der Waals surface area (Å²) in [6, 6.07) is 6.62. The number of nitrogens with one attached hydrogen (secondary N) is 2. The molecule has 0 aliphatic heterocycles. The summed E-state index contributed by atoms with van der Waals surface area (Å²) in [4.78, 5) is 0. The molecule has 3 N–H and O–H groups in total. The fraction of sp³-hybridized carbons (Fsp3) is 0.400. The second-order valence-electron chi connectivity index (χ2n) is 3.57. The maximum atomic E-state index is 11.0. The Balaban J connectivity index is 2.75. The summed E-state index contributed by atoms with van der Waals surface area (Å²) in [6.45, 7) is 0.457. The van der Waals surface area contributed by atoms with E-state index in [0.717, 1.165) is 11.8 Å². The van der Waals surface area contributed by atoms with Gasteiger partial charge in [-0.05, 0) is 24.7 Å². The largest absolute Gasteiger partial charge is 0.387 e. The normalized spacial score (nSPS) is 13.4. The van der Waals surface area contributed by atoms with Crippen molar-refractivity contribution in [3.8, 4) is 0 Å². The van der Waals surface area contributed by atoms with E-state index in [-0.39, 0.29) is 0 Å². The fourth-order valence-electron chi connectivity index (χ4n) is 1.30. The average molecular weight is 244 g/mol. The third-order valence-electron chi connectivity index (χ3n) is 2.00. The third kappa shape index (κ3) is 4.18. The Morgan fingerprint density at radius 1 is 1.31 bits per heavy atom. The summed E-state index contributed by atoms with van der Waals surface area (Å²) >= 11 is 0. The highest BCUT2D eigenvalue weighted by molar-refractivity contribution is 7.92. The van der Waals surface area contributed by atoms with Gasteiger partial charge in [0.05, 0.1) is 12.4 Å². The number of sulfonamides is 1. The van der Waals surface area contributed by atoms with Gasteiger partial charge in [-0.25, -0.2) is 8.42 Å². The quantitative estimate of drug-likeness (QED) is 0.696. The van der Waals surface area contributed by atoms with Gasteiger partial charge in [-0.3, -0.25) is 4.72 Å². The van der Waals surface area contributed by atoms with E-state index in [1.807, 2.05) is 0 Å². The monoisotopic (exact) mass is 244 g/mol. The van der Waals surface area contributed by atoms with Crippen molar-refractivity contribution in [3.05, 3.63) is 29.8 Å². The van der Waals surface area contributed by atoms with E-state index in [4.69, 9.17) is 0 Å². The molecule has 1 rings (SSSR count). The van der Waals surface area contributed by atoms with Crippen LogP contribution in [0.15, 0.2) is 24.3 Å². The van der Waals surface area contributed by atoms with Gasteiger partial charge in [-0.15, -0.1) is 0 Å². The Morgan fingerprint density at radius 2 is 1.88 bits per heavy atom. The van der Waals surface area contributed by atoms with Crippen molar-refractivity contribution in [2.45, 2.75) is 6.10 Å². The molecule has 0 aromatic heterocycles. The van der Waals surface area contributed by atoms with Gasteiger partial charge in [0, 0.05) is 12.2 Å². The molecule has 90 valence electrons. The number of hydrogen-bond donors (Lipinski definition) is 3. The highest BCUT2D eigenvalue weighted by atomic mass is 32.2. The topological polar surface area (TPSA) is 78.4 Å². The van der Waals surface area contributed by atoms with Crippen molar-refractivity contribution in [2.75, 3.05) is 24.6 Å². The SMILES string of the molecule is CNCC(O)c1ccc(NS(C)(=O)=O)cc1. The Kier molecular flexibility index (Phi) is 4.28. The van der Waals surface area contributed by atoms with Crippen LogP contribution in [-0.2, 0) is 10.0 Å². The number of aliphatic hydroxyl groups is 1. The Hall–Kier alpha value is -1.11. The standard InChI is InChI=1S/C10H16N2O3S/c1-11-7-10(13)8-3-5-9(6-4-8)12-16(2,14)15/h3-6,10-13H,7H2,1-2H3. The summed E-state index contributed by atoms with van der Waals surface area (Å²) in [7, 11) is -1.49. The smallest absolute Gasteiger partial charge is 0.229 e. The number of rotatable bonds is 5. The number of anilines is 1. The molecule has 0 fully saturated rings. The van der Waals surface area contributed by atoms with Crippen molar-refractivity contribution in [1.29, 1.82) is 0 Å². The molecule has 1 aromatic rings. The zero-order chi connectivity index (χ0) is 12.2. The van der Waals surface area contributed by atoms with Crippen LogP contribution >= 0.6 is 0 Å². The molecular formula is C10H16N2O3S. The molecule has 6 heteroatoms. The zero-order valence-corrected chi connectivity index (χ0v) is 10.1. The van der Waals surface area contributed by atoms with E-state index in [1.165, 1.54) is 0 Å². The van der Waals surface area contributed by atoms with Gasteiger partial charge in [0.1, 0.15) is 0 Å². The predicted molar refractivity (Wildman–Crippen MR) is 63.8 cm³/mol. The van der Waals surface area contributed by atoms with E-state index >= 15 is 0 Å². The molecule has 0 amide bonds. The first-order chi connectivity index (χ1) is 7.42. The van der Waals surface area contributed by atoms with Crippen LogP contribution in [-0.4, -0.2) is 33.4 Å². The lowest BCUT2D eigenvalue weighted by atomic mass is 10.1. The maximum Gasteiger partial charge on any atom is 0.229 e. The summed E-state index contributed by atoms with van der Waals surface area (Å²) in [5.41, 5.74) is 1.23. The van der Waals surface area contributed by atoms with Crippen LogP contribution in [0.4, 0.5) is 5.69 Å². The Labute approximate surface area is 95.5 Å². The summed E-state index contributed by atoms with van der Waals surface area (Å²) in [6.07, 6.45) is 0.508. The van der Waals surface area contributed by atoms with Crippen LogP contribution in [0.3, 0.4) is 0 Å². The van der Waals surface area contributed by atoms with Crippen LogP contribution in [0.25, 0.3) is 0 Å². The number of likely N-dealkylation sites (N-methyl/N-ethyl adjacent to an activating group) is 1. The Bertz CT molecular complexity index is 428. The van der Waals surface area contributed by atoms with Gasteiger partial charge in [0.25, 0.3) is 0 Å². The van der Waals surface area contributed by atoms with Gasteiger partial charge in [0.2, 0.25) is 10.0 Å². The Morgan fingerprint density at radius 3 is 2.31 bits per heavy atom. The first-order valence-electron chi connectivity index (χ1n) is 4.83. The number of aliphatic hydroxyl groups excluding tert-OH is 1. The van der Waals surface area contributed by atoms with Crippen LogP contribution in [0.1, 0.15) is 11.7 Å². The van der Waals surface area contributed by atoms with Gasteiger partial charge in [-0.1, -0.05) is 12.1 Å². The highest BCUT2D eigenvalue weighted by Gasteiger charge is 2.06. The maximum absolute atomic E-state index is 11.0. The average Bonchev–Trinajstić information content (AvgIpc) is 2.16. The molecule has 1 unspecified atom stereocenters. The molecule has 0 spiro atoms. The molecular weight excluding hydrogens is 228 g/mol. The molecule has 0 saturated carbocycles. The van der Waals surface area contributed by atoms with Crippen molar-refractivity contribution in [1.82, 2.24) is 5.32 Å². The van der Waals surface area contributed by atoms with Gasteiger partial charge in [-0.2, -0.15) is 0 Å². The van der Waals surface area contributed by atoms with Crippen LogP contribution < -0.4 is 10.0 Å². The lowest BCUT2D eigenvalue weighted by Gasteiger charge is -2.11. The summed E-state index contributed by atoms with van der Waals surface area (Å²) < 4.78 is 24.3. The van der Waals surface area contributed by atoms with Crippen molar-refractivity contribution < 1.29 is 13.5 Å². The third-order valence-corrected chi connectivity index (χ3v) is 2.60. The molecule has 0 heterocycles. The summed E-state index contributed by atoms with van der Waals surface area (Å²) in [5.74, 6) is 0. The molecule has 5 nitrogen and oxygen atoms in total. The van der Waals surface area contributed by atoms with E-state index in [2.05, 4.69) is 10.0 Å². The van der Waals surface area contributed by atoms with E-state index in [0.29, 0.717) is 12.2 Å². The van der Waals surface area contributed by atoms with Crippen molar-refractivity contribution in [3.63, 3.8) is 0 Å². The van der Waals surface area contributed by atoms with Gasteiger partial charge >= 0.3 is 0 Å². The van der Waals surface area contributed by atoms with Crippen LogP contribution in [0.5, 0.6) is 0 Å². The first-order valence-corrected chi connectivity index (χ1v) is 6.72. The molecule has 0 saturated heterocycles. The lowest BCUT2D eigenvalue weighted by molar-refractivity contribution is 0.178. The van der Waals surface area contributed by atoms with E-state index < -0.39 is 16.1 Å². The second kappa shape index (κ2) is 5.29. The highest BCUT2D eigenvalue weighted by Crippen LogP contribution is 2.16. The lowest BCUT2D eigenvalue weighted by Crippen LogP contribution is -2.16. The molecule has 0 aliphatic rings. The molecule has 1 aromatic carbocycles. The molecule has 1 atom stereocenters. The van der Waals surface area contributed by atoms with Gasteiger partial charge in [0.15, 0.2) is 0 Å². The van der Waals surface area contributed by atoms with E-state index in [1.54, 1.807) is 31.3 Å². The number of benzene rings is 1. The van der Waals surface area contributed by atoms with Crippen molar-refractivity contribution in [2.24, 2.45) is 0 Å². The zero-order valence-electron chi connectivity index (χ0n) is 9.27. The predicted octanol–water partition coefficient (Wildman–Crippen LogP) is 0.311. The van der Waals surface area contributed by atoms with Gasteiger partial charge < -0.3 is 10.4 Å². The minimum atomic E-state index is -3.25. The number of hydrogen-bond acceptors (Lipinski definition) is 4. The molecule has 16 heavy (non-hydrogen) atoms. The van der Waals surface area contributed by atoms with Crippen LogP contribution in [0, 0.1) is 0 Å². The van der Waals surface area contributed by atoms with Crippen LogP contribution in [0.2, 0.25) is 0 Å². The molecule has 0 radical (unpaired) electrons. The van der Waals surface area contributed by atoms with Crippen molar-refractivity contribution >= 4 is 15.7 Å². The van der Waals surface area contributed by atoms with E-state index in [9.17, 15) is 13.5 Å². The fourth-order valence-corrected chi connectivity index (χ4v) is 1.86. The molecule has 0 bridgehead atoms. The minimum Gasteiger partial charge on any atom is -0.387 e. The second-order valence-corrected chi connectivity index (χ2v) is 5.32.